The predicted molar refractivity (Wildman–Crippen MR) is 75.4 cm³/mol. The summed E-state index contributed by atoms with van der Waals surface area (Å²) in [4.78, 5) is 48.0. The van der Waals surface area contributed by atoms with E-state index in [1.807, 2.05) is 0 Å². The average molecular weight is 298 g/mol. The standard InChI is InChI=1S/C13H22N4O4/c1-5-13(6-2)10(19)17(12(21)16-13)7-9(18)15-11(20)14-8(3)4/h8H,5-7H2,1-4H3,(H,16,21)(H2,14,15,18,20). The SMILES string of the molecule is CCC1(CC)NC(=O)N(CC(=O)NC(=O)NC(C)C)C1=O. The smallest absolute Gasteiger partial charge is 0.325 e. The Hall–Kier alpha value is -2.12. The summed E-state index contributed by atoms with van der Waals surface area (Å²) in [5, 5.41) is 7.18. The predicted octanol–water partition coefficient (Wildman–Crippen LogP) is 0.331. The highest BCUT2D eigenvalue weighted by molar-refractivity contribution is 6.09. The van der Waals surface area contributed by atoms with Gasteiger partial charge in [-0.3, -0.25) is 19.8 Å². The van der Waals surface area contributed by atoms with Crippen LogP contribution in [0.4, 0.5) is 9.59 Å². The second kappa shape index (κ2) is 6.55. The lowest BCUT2D eigenvalue weighted by molar-refractivity contribution is -0.135. The summed E-state index contributed by atoms with van der Waals surface area (Å²) in [5.74, 6) is -1.14. The summed E-state index contributed by atoms with van der Waals surface area (Å²) >= 11 is 0. The molecular formula is C13H22N4O4. The van der Waals surface area contributed by atoms with Crippen LogP contribution in [-0.4, -0.2) is 46.9 Å². The number of carbonyl (C=O) groups excluding carboxylic acids is 4. The van der Waals surface area contributed by atoms with E-state index >= 15 is 0 Å². The lowest BCUT2D eigenvalue weighted by Gasteiger charge is -2.22. The summed E-state index contributed by atoms with van der Waals surface area (Å²) in [6, 6.07) is -1.38. The summed E-state index contributed by atoms with van der Waals surface area (Å²) in [6.45, 7) is 6.61. The minimum Gasteiger partial charge on any atom is -0.336 e. The quantitative estimate of drug-likeness (QED) is 0.636. The molecule has 1 aliphatic heterocycles. The molecule has 1 saturated heterocycles. The van der Waals surface area contributed by atoms with Crippen molar-refractivity contribution < 1.29 is 19.2 Å². The molecule has 0 spiro atoms. The van der Waals surface area contributed by atoms with Crippen LogP contribution in [0.5, 0.6) is 0 Å². The van der Waals surface area contributed by atoms with E-state index in [9.17, 15) is 19.2 Å². The lowest BCUT2D eigenvalue weighted by atomic mass is 9.93. The van der Waals surface area contributed by atoms with Crippen LogP contribution in [0.2, 0.25) is 0 Å². The van der Waals surface area contributed by atoms with Crippen molar-refractivity contribution in [3.8, 4) is 0 Å². The number of imide groups is 2. The van der Waals surface area contributed by atoms with Crippen LogP contribution in [0.1, 0.15) is 40.5 Å². The van der Waals surface area contributed by atoms with Gasteiger partial charge in [-0.1, -0.05) is 13.8 Å². The maximum atomic E-state index is 12.3. The molecule has 118 valence electrons. The fourth-order valence-electron chi connectivity index (χ4n) is 2.16. The van der Waals surface area contributed by atoms with Crippen LogP contribution >= 0.6 is 0 Å². The number of rotatable bonds is 5. The molecule has 1 heterocycles. The Bertz CT molecular complexity index is 457. The van der Waals surface area contributed by atoms with E-state index < -0.39 is 36.0 Å². The van der Waals surface area contributed by atoms with Crippen molar-refractivity contribution in [1.82, 2.24) is 20.9 Å². The lowest BCUT2D eigenvalue weighted by Crippen LogP contribution is -2.49. The molecule has 0 radical (unpaired) electrons. The van der Waals surface area contributed by atoms with E-state index in [0.29, 0.717) is 12.8 Å². The van der Waals surface area contributed by atoms with Gasteiger partial charge in [-0.15, -0.1) is 0 Å². The van der Waals surface area contributed by atoms with E-state index in [1.165, 1.54) is 0 Å². The van der Waals surface area contributed by atoms with E-state index in [2.05, 4.69) is 16.0 Å². The Morgan fingerprint density at radius 1 is 1.24 bits per heavy atom. The Balaban J connectivity index is 2.67. The summed E-state index contributed by atoms with van der Waals surface area (Å²) < 4.78 is 0. The van der Waals surface area contributed by atoms with Gasteiger partial charge >= 0.3 is 12.1 Å². The molecule has 0 aromatic carbocycles. The molecule has 21 heavy (non-hydrogen) atoms. The van der Waals surface area contributed by atoms with Crippen molar-refractivity contribution in [3.05, 3.63) is 0 Å². The maximum absolute atomic E-state index is 12.3. The van der Waals surface area contributed by atoms with Gasteiger partial charge in [0.15, 0.2) is 0 Å². The number of hydrogen-bond donors (Lipinski definition) is 3. The van der Waals surface area contributed by atoms with Crippen molar-refractivity contribution >= 4 is 23.9 Å². The molecule has 0 saturated carbocycles. The largest absolute Gasteiger partial charge is 0.336 e. The molecule has 3 N–H and O–H groups in total. The number of urea groups is 2. The zero-order chi connectivity index (χ0) is 16.2. The summed E-state index contributed by atoms with van der Waals surface area (Å²) in [5.41, 5.74) is -0.947. The van der Waals surface area contributed by atoms with Crippen LogP contribution in [0.25, 0.3) is 0 Å². The van der Waals surface area contributed by atoms with E-state index in [0.717, 1.165) is 4.90 Å². The van der Waals surface area contributed by atoms with Crippen LogP contribution in [-0.2, 0) is 9.59 Å². The monoisotopic (exact) mass is 298 g/mol. The van der Waals surface area contributed by atoms with Gasteiger partial charge in [0.2, 0.25) is 5.91 Å². The highest BCUT2D eigenvalue weighted by Crippen LogP contribution is 2.24. The second-order valence-corrected chi connectivity index (χ2v) is 5.29. The molecule has 1 fully saturated rings. The van der Waals surface area contributed by atoms with Crippen LogP contribution in [0.15, 0.2) is 0 Å². The minimum absolute atomic E-state index is 0.123. The number of nitrogens with zero attached hydrogens (tertiary/aromatic N) is 1. The van der Waals surface area contributed by atoms with Crippen molar-refractivity contribution in [2.45, 2.75) is 52.1 Å². The first kappa shape index (κ1) is 16.9. The van der Waals surface area contributed by atoms with E-state index in [4.69, 9.17) is 0 Å². The molecule has 8 nitrogen and oxygen atoms in total. The molecule has 1 rings (SSSR count). The molecule has 0 unspecified atom stereocenters. The zero-order valence-electron chi connectivity index (χ0n) is 12.8. The first-order valence-corrected chi connectivity index (χ1v) is 7.00. The topological polar surface area (TPSA) is 108 Å². The second-order valence-electron chi connectivity index (χ2n) is 5.29. The number of carbonyl (C=O) groups is 4. The van der Waals surface area contributed by atoms with Crippen molar-refractivity contribution in [2.75, 3.05) is 6.54 Å². The van der Waals surface area contributed by atoms with E-state index in [1.54, 1.807) is 27.7 Å². The first-order chi connectivity index (χ1) is 9.75. The third-order valence-corrected chi connectivity index (χ3v) is 3.43. The minimum atomic E-state index is -0.947. The molecule has 0 aromatic rings. The number of nitrogens with one attached hydrogen (secondary N) is 3. The van der Waals surface area contributed by atoms with Gasteiger partial charge in [-0.25, -0.2) is 9.59 Å². The van der Waals surface area contributed by atoms with Crippen molar-refractivity contribution in [3.63, 3.8) is 0 Å². The highest BCUT2D eigenvalue weighted by Gasteiger charge is 2.49. The molecule has 0 aliphatic carbocycles. The normalized spacial score (nSPS) is 16.9. The average Bonchev–Trinajstić information content (AvgIpc) is 2.62. The fraction of sp³-hybridized carbons (Fsp3) is 0.692. The van der Waals surface area contributed by atoms with Gasteiger partial charge in [-0.2, -0.15) is 0 Å². The zero-order valence-corrected chi connectivity index (χ0v) is 12.8. The van der Waals surface area contributed by atoms with Crippen molar-refractivity contribution in [2.24, 2.45) is 0 Å². The van der Waals surface area contributed by atoms with Gasteiger partial charge in [0.05, 0.1) is 0 Å². The van der Waals surface area contributed by atoms with Crippen LogP contribution < -0.4 is 16.0 Å². The molecule has 0 aromatic heterocycles. The van der Waals surface area contributed by atoms with Gasteiger partial charge in [0.1, 0.15) is 12.1 Å². The van der Waals surface area contributed by atoms with Crippen LogP contribution in [0, 0.1) is 0 Å². The molecule has 6 amide bonds. The highest BCUT2D eigenvalue weighted by atomic mass is 16.2. The van der Waals surface area contributed by atoms with Gasteiger partial charge < -0.3 is 10.6 Å². The maximum Gasteiger partial charge on any atom is 0.325 e. The van der Waals surface area contributed by atoms with Gasteiger partial charge in [-0.05, 0) is 26.7 Å². The third-order valence-electron chi connectivity index (χ3n) is 3.43. The fourth-order valence-corrected chi connectivity index (χ4v) is 2.16. The van der Waals surface area contributed by atoms with E-state index in [-0.39, 0.29) is 6.04 Å². The Morgan fingerprint density at radius 3 is 2.24 bits per heavy atom. The molecular weight excluding hydrogens is 276 g/mol. The van der Waals surface area contributed by atoms with Gasteiger partial charge in [0, 0.05) is 6.04 Å². The Morgan fingerprint density at radius 2 is 1.81 bits per heavy atom. The van der Waals surface area contributed by atoms with Crippen LogP contribution in [0.3, 0.4) is 0 Å². The third kappa shape index (κ3) is 3.71. The first-order valence-electron chi connectivity index (χ1n) is 7.00. The molecule has 0 bridgehead atoms. The Kier molecular flexibility index (Phi) is 5.28. The number of hydrogen-bond acceptors (Lipinski definition) is 4. The molecule has 8 heteroatoms. The summed E-state index contributed by atoms with van der Waals surface area (Å²) in [7, 11) is 0. The number of amides is 6. The Labute approximate surface area is 123 Å². The molecule has 1 aliphatic rings. The van der Waals surface area contributed by atoms with Gasteiger partial charge in [0.25, 0.3) is 5.91 Å². The summed E-state index contributed by atoms with van der Waals surface area (Å²) in [6.07, 6.45) is 0.889. The van der Waals surface area contributed by atoms with Crippen molar-refractivity contribution in [1.29, 1.82) is 0 Å². The molecule has 0 atom stereocenters.